The minimum atomic E-state index is -0.525. The summed E-state index contributed by atoms with van der Waals surface area (Å²) in [5, 5.41) is 0. The molecule has 0 aliphatic carbocycles. The summed E-state index contributed by atoms with van der Waals surface area (Å²) in [6.07, 6.45) is 1.62. The SMILES string of the molecule is COc1cc(/C=C2\N=C(c3ccc(Br)cc3)OC2=O)ccc1OCc1cccc(F)c1. The van der Waals surface area contributed by atoms with Crippen molar-refractivity contribution >= 4 is 33.9 Å². The molecular weight excluding hydrogens is 465 g/mol. The average Bonchev–Trinajstić information content (AvgIpc) is 3.13. The molecule has 1 aliphatic heterocycles. The van der Waals surface area contributed by atoms with Gasteiger partial charge in [0.15, 0.2) is 17.2 Å². The molecule has 0 radical (unpaired) electrons. The highest BCUT2D eigenvalue weighted by atomic mass is 79.9. The van der Waals surface area contributed by atoms with Gasteiger partial charge in [-0.2, -0.15) is 0 Å². The Morgan fingerprint density at radius 2 is 1.87 bits per heavy atom. The maximum atomic E-state index is 13.3. The van der Waals surface area contributed by atoms with Crippen LogP contribution in [0.25, 0.3) is 6.08 Å². The molecule has 7 heteroatoms. The summed E-state index contributed by atoms with van der Waals surface area (Å²) >= 11 is 3.37. The van der Waals surface area contributed by atoms with E-state index in [0.717, 1.165) is 4.47 Å². The molecule has 1 aliphatic rings. The Bertz CT molecular complexity index is 1190. The van der Waals surface area contributed by atoms with E-state index in [1.165, 1.54) is 19.2 Å². The zero-order valence-corrected chi connectivity index (χ0v) is 18.1. The molecule has 0 fully saturated rings. The van der Waals surface area contributed by atoms with E-state index in [4.69, 9.17) is 14.2 Å². The lowest BCUT2D eigenvalue weighted by molar-refractivity contribution is -0.129. The summed E-state index contributed by atoms with van der Waals surface area (Å²) in [7, 11) is 1.52. The second-order valence-electron chi connectivity index (χ2n) is 6.67. The second-order valence-corrected chi connectivity index (χ2v) is 7.59. The Morgan fingerprint density at radius 3 is 2.61 bits per heavy atom. The number of halogens is 2. The zero-order chi connectivity index (χ0) is 21.8. The van der Waals surface area contributed by atoms with Crippen molar-refractivity contribution in [2.45, 2.75) is 6.61 Å². The molecule has 0 saturated carbocycles. The predicted molar refractivity (Wildman–Crippen MR) is 118 cm³/mol. The van der Waals surface area contributed by atoms with Gasteiger partial charge in [-0.1, -0.05) is 34.1 Å². The fraction of sp³-hybridized carbons (Fsp3) is 0.0833. The second kappa shape index (κ2) is 9.14. The standard InChI is InChI=1S/C24H17BrFNO4/c1-29-22-13-15(5-10-21(22)30-14-16-3-2-4-19(26)11-16)12-20-24(28)31-23(27-20)17-6-8-18(25)9-7-17/h2-13H,14H2,1H3/b20-12-. The van der Waals surface area contributed by atoms with E-state index in [9.17, 15) is 9.18 Å². The molecule has 0 unspecified atom stereocenters. The molecule has 156 valence electrons. The fourth-order valence-electron chi connectivity index (χ4n) is 2.96. The Morgan fingerprint density at radius 1 is 1.06 bits per heavy atom. The van der Waals surface area contributed by atoms with Crippen molar-refractivity contribution in [3.8, 4) is 11.5 Å². The van der Waals surface area contributed by atoms with Gasteiger partial charge in [-0.3, -0.25) is 0 Å². The smallest absolute Gasteiger partial charge is 0.363 e. The van der Waals surface area contributed by atoms with Gasteiger partial charge in [0.25, 0.3) is 0 Å². The number of rotatable bonds is 6. The lowest BCUT2D eigenvalue weighted by Crippen LogP contribution is -2.05. The molecule has 0 N–H and O–H groups in total. The van der Waals surface area contributed by atoms with Crippen LogP contribution in [0.15, 0.2) is 81.9 Å². The third-order valence-corrected chi connectivity index (χ3v) is 5.01. The van der Waals surface area contributed by atoms with Crippen LogP contribution in [0.3, 0.4) is 0 Å². The van der Waals surface area contributed by atoms with E-state index >= 15 is 0 Å². The van der Waals surface area contributed by atoms with Crippen LogP contribution < -0.4 is 9.47 Å². The third kappa shape index (κ3) is 5.00. The number of carbonyl (C=O) groups excluding carboxylic acids is 1. The van der Waals surface area contributed by atoms with Gasteiger partial charge in [-0.15, -0.1) is 0 Å². The van der Waals surface area contributed by atoms with E-state index in [1.54, 1.807) is 36.4 Å². The molecule has 0 bridgehead atoms. The molecule has 3 aromatic rings. The molecule has 0 aromatic heterocycles. The first-order valence-corrected chi connectivity index (χ1v) is 10.1. The van der Waals surface area contributed by atoms with Gasteiger partial charge in [0, 0.05) is 10.0 Å². The Balaban J connectivity index is 1.53. The largest absolute Gasteiger partial charge is 0.493 e. The summed E-state index contributed by atoms with van der Waals surface area (Å²) < 4.78 is 30.7. The van der Waals surface area contributed by atoms with Crippen LogP contribution in [0.5, 0.6) is 11.5 Å². The van der Waals surface area contributed by atoms with Gasteiger partial charge in [0.1, 0.15) is 12.4 Å². The van der Waals surface area contributed by atoms with Crippen molar-refractivity contribution in [3.05, 3.63) is 99.4 Å². The highest BCUT2D eigenvalue weighted by Gasteiger charge is 2.24. The number of carbonyl (C=O) groups is 1. The van der Waals surface area contributed by atoms with Crippen LogP contribution >= 0.6 is 15.9 Å². The molecule has 1 heterocycles. The van der Waals surface area contributed by atoms with Gasteiger partial charge >= 0.3 is 5.97 Å². The van der Waals surface area contributed by atoms with Gasteiger partial charge in [-0.05, 0) is 65.7 Å². The minimum absolute atomic E-state index is 0.188. The lowest BCUT2D eigenvalue weighted by atomic mass is 10.1. The summed E-state index contributed by atoms with van der Waals surface area (Å²) in [6.45, 7) is 0.196. The van der Waals surface area contributed by atoms with E-state index in [0.29, 0.717) is 28.2 Å². The van der Waals surface area contributed by atoms with Crippen molar-refractivity contribution in [1.82, 2.24) is 0 Å². The van der Waals surface area contributed by atoms with E-state index in [-0.39, 0.29) is 24.0 Å². The highest BCUT2D eigenvalue weighted by Crippen LogP contribution is 2.30. The Labute approximate surface area is 186 Å². The summed E-state index contributed by atoms with van der Waals surface area (Å²) in [4.78, 5) is 16.5. The van der Waals surface area contributed by atoms with Crippen LogP contribution in [-0.2, 0) is 16.1 Å². The van der Waals surface area contributed by atoms with Crippen molar-refractivity contribution in [2.24, 2.45) is 4.99 Å². The van der Waals surface area contributed by atoms with Gasteiger partial charge in [0.2, 0.25) is 5.90 Å². The monoisotopic (exact) mass is 481 g/mol. The number of aliphatic imine (C=N–C) groups is 1. The topological polar surface area (TPSA) is 57.1 Å². The molecule has 0 amide bonds. The molecule has 5 nitrogen and oxygen atoms in total. The van der Waals surface area contributed by atoms with Crippen molar-refractivity contribution < 1.29 is 23.4 Å². The first-order chi connectivity index (χ1) is 15.0. The number of hydrogen-bond acceptors (Lipinski definition) is 5. The number of hydrogen-bond donors (Lipinski definition) is 0. The quantitative estimate of drug-likeness (QED) is 0.343. The van der Waals surface area contributed by atoms with Gasteiger partial charge in [-0.25, -0.2) is 14.2 Å². The number of methoxy groups -OCH3 is 1. The van der Waals surface area contributed by atoms with Crippen LogP contribution in [0.1, 0.15) is 16.7 Å². The van der Waals surface area contributed by atoms with Crippen LogP contribution in [-0.4, -0.2) is 19.0 Å². The van der Waals surface area contributed by atoms with Crippen LogP contribution in [0.4, 0.5) is 4.39 Å². The Kier molecular flexibility index (Phi) is 6.13. The van der Waals surface area contributed by atoms with Crippen molar-refractivity contribution in [2.75, 3.05) is 7.11 Å². The molecule has 0 saturated heterocycles. The van der Waals surface area contributed by atoms with E-state index < -0.39 is 5.97 Å². The third-order valence-electron chi connectivity index (χ3n) is 4.49. The number of benzene rings is 3. The highest BCUT2D eigenvalue weighted by molar-refractivity contribution is 9.10. The zero-order valence-electron chi connectivity index (χ0n) is 16.5. The molecule has 3 aromatic carbocycles. The summed E-state index contributed by atoms with van der Waals surface area (Å²) in [5.41, 5.74) is 2.30. The summed E-state index contributed by atoms with van der Waals surface area (Å²) in [6, 6.07) is 18.8. The minimum Gasteiger partial charge on any atom is -0.493 e. The van der Waals surface area contributed by atoms with E-state index in [1.807, 2.05) is 24.3 Å². The molecule has 0 spiro atoms. The molecule has 0 atom stereocenters. The van der Waals surface area contributed by atoms with Crippen molar-refractivity contribution in [3.63, 3.8) is 0 Å². The van der Waals surface area contributed by atoms with Crippen LogP contribution in [0.2, 0.25) is 0 Å². The molecular formula is C24H17BrFNO4. The first kappa shape index (κ1) is 20.8. The average molecular weight is 482 g/mol. The lowest BCUT2D eigenvalue weighted by Gasteiger charge is -2.11. The number of nitrogens with zero attached hydrogens (tertiary/aromatic N) is 1. The predicted octanol–water partition coefficient (Wildman–Crippen LogP) is 5.52. The van der Waals surface area contributed by atoms with Gasteiger partial charge in [0.05, 0.1) is 7.11 Å². The summed E-state index contributed by atoms with van der Waals surface area (Å²) in [5.74, 6) is 0.395. The van der Waals surface area contributed by atoms with Crippen molar-refractivity contribution in [1.29, 1.82) is 0 Å². The Hall–Kier alpha value is -3.45. The fourth-order valence-corrected chi connectivity index (χ4v) is 3.23. The molecule has 4 rings (SSSR count). The van der Waals surface area contributed by atoms with Crippen LogP contribution in [0, 0.1) is 5.82 Å². The number of ether oxygens (including phenoxy) is 3. The number of esters is 1. The maximum absolute atomic E-state index is 13.3. The number of cyclic esters (lactones) is 1. The first-order valence-electron chi connectivity index (χ1n) is 9.35. The maximum Gasteiger partial charge on any atom is 0.363 e. The normalized spacial score (nSPS) is 14.4. The van der Waals surface area contributed by atoms with Gasteiger partial charge < -0.3 is 14.2 Å². The van der Waals surface area contributed by atoms with E-state index in [2.05, 4.69) is 20.9 Å². The molecule has 31 heavy (non-hydrogen) atoms.